The van der Waals surface area contributed by atoms with Crippen LogP contribution in [0.25, 0.3) is 0 Å². The molecule has 0 N–H and O–H groups in total. The number of aromatic nitrogens is 2. The predicted molar refractivity (Wildman–Crippen MR) is 114 cm³/mol. The van der Waals surface area contributed by atoms with Gasteiger partial charge in [0.2, 0.25) is 0 Å². The molecule has 1 aromatic rings. The number of hydrogen-bond acceptors (Lipinski definition) is 2. The second-order valence-corrected chi connectivity index (χ2v) is 12.0. The molecule has 0 aromatic carbocycles. The van der Waals surface area contributed by atoms with E-state index in [1.807, 2.05) is 17.1 Å². The summed E-state index contributed by atoms with van der Waals surface area (Å²) in [5.74, 6) is 8.72. The van der Waals surface area contributed by atoms with Crippen LogP contribution in [0.15, 0.2) is 18.7 Å². The smallest absolute Gasteiger partial charge is 0.156 e. The van der Waals surface area contributed by atoms with Gasteiger partial charge in [-0.1, -0.05) is 27.2 Å². The number of Topliss-reactive ketones (excluding diaryl/α,β-unsaturated/α-hetero) is 1. The van der Waals surface area contributed by atoms with Crippen molar-refractivity contribution in [1.82, 2.24) is 9.55 Å². The highest BCUT2D eigenvalue weighted by atomic mass is 16.1. The molecule has 3 heteroatoms. The number of hydrogen-bond donors (Lipinski definition) is 0. The molecule has 5 saturated carbocycles. The van der Waals surface area contributed by atoms with E-state index in [1.165, 1.54) is 44.9 Å². The van der Waals surface area contributed by atoms with Gasteiger partial charge >= 0.3 is 0 Å². The molecule has 5 aliphatic carbocycles. The van der Waals surface area contributed by atoms with Crippen molar-refractivity contribution in [1.29, 1.82) is 0 Å². The van der Waals surface area contributed by atoms with Crippen LogP contribution in [0.2, 0.25) is 0 Å². The standard InChI is InChI=1S/C26H38N2O/c1-15-4-6-18-17(12-15)5-7-20-19(18)8-9-26(3)24(20)22-16(2)23(22)25(26)21(29)13-28-11-10-27-14-28/h10-11,14-20,22-25H,4-9,12-13H2,1-3H3/t15-,16-,17+,18-,19?,20+,22+,23-,24?,25-,26-/m0/s1. The molecule has 1 aromatic heterocycles. The molecule has 29 heavy (non-hydrogen) atoms. The van der Waals surface area contributed by atoms with Crippen molar-refractivity contribution in [3.8, 4) is 0 Å². The van der Waals surface area contributed by atoms with E-state index >= 15 is 0 Å². The molecule has 1 heterocycles. The molecule has 5 aliphatic rings. The maximum absolute atomic E-state index is 13.5. The first-order valence-corrected chi connectivity index (χ1v) is 12.5. The minimum absolute atomic E-state index is 0.259. The molecule has 3 nitrogen and oxygen atoms in total. The van der Waals surface area contributed by atoms with Gasteiger partial charge in [0, 0.05) is 18.3 Å². The molecule has 0 amide bonds. The van der Waals surface area contributed by atoms with E-state index in [4.69, 9.17) is 0 Å². The SMILES string of the molecule is C[C@H]1CC[C@@H]2C3CC[C@@]4(C)C([C@@H]3CC[C@@H]2C1)[C@@H]1[C@H](C)[C@@H]1[C@@H]4C(=O)Cn1ccnc1. The summed E-state index contributed by atoms with van der Waals surface area (Å²) in [5.41, 5.74) is 0.259. The number of rotatable bonds is 3. The Morgan fingerprint density at radius 3 is 2.69 bits per heavy atom. The maximum atomic E-state index is 13.5. The molecule has 0 bridgehead atoms. The van der Waals surface area contributed by atoms with Crippen molar-refractivity contribution in [2.45, 2.75) is 72.3 Å². The molecule has 0 radical (unpaired) electrons. The number of imidazole rings is 1. The van der Waals surface area contributed by atoms with E-state index in [1.54, 1.807) is 6.20 Å². The Bertz CT molecular complexity index is 787. The molecule has 158 valence electrons. The summed E-state index contributed by atoms with van der Waals surface area (Å²) in [5, 5.41) is 0. The highest BCUT2D eigenvalue weighted by Crippen LogP contribution is 2.76. The van der Waals surface area contributed by atoms with Crippen LogP contribution in [-0.4, -0.2) is 15.3 Å². The van der Waals surface area contributed by atoms with Crippen LogP contribution in [0.3, 0.4) is 0 Å². The van der Waals surface area contributed by atoms with Gasteiger partial charge in [-0.05, 0) is 97.2 Å². The van der Waals surface area contributed by atoms with Gasteiger partial charge in [-0.15, -0.1) is 0 Å². The van der Waals surface area contributed by atoms with Crippen molar-refractivity contribution in [2.24, 2.45) is 64.6 Å². The van der Waals surface area contributed by atoms with Crippen molar-refractivity contribution in [2.75, 3.05) is 0 Å². The Hall–Kier alpha value is -1.12. The van der Waals surface area contributed by atoms with Gasteiger partial charge in [-0.3, -0.25) is 4.79 Å². The quantitative estimate of drug-likeness (QED) is 0.682. The van der Waals surface area contributed by atoms with Gasteiger partial charge in [0.05, 0.1) is 12.9 Å². The topological polar surface area (TPSA) is 34.9 Å². The second kappa shape index (κ2) is 6.44. The zero-order chi connectivity index (χ0) is 19.9. The minimum atomic E-state index is 0.259. The van der Waals surface area contributed by atoms with E-state index < -0.39 is 0 Å². The van der Waals surface area contributed by atoms with E-state index in [2.05, 4.69) is 25.8 Å². The van der Waals surface area contributed by atoms with Crippen LogP contribution in [0.5, 0.6) is 0 Å². The van der Waals surface area contributed by atoms with Crippen molar-refractivity contribution in [3.63, 3.8) is 0 Å². The Labute approximate surface area is 176 Å². The summed E-state index contributed by atoms with van der Waals surface area (Å²) in [6.45, 7) is 7.98. The van der Waals surface area contributed by atoms with E-state index in [0.717, 1.165) is 47.3 Å². The summed E-state index contributed by atoms with van der Waals surface area (Å²) in [4.78, 5) is 17.7. The van der Waals surface area contributed by atoms with Crippen LogP contribution in [0.1, 0.15) is 65.7 Å². The first-order chi connectivity index (χ1) is 14.0. The van der Waals surface area contributed by atoms with Gasteiger partial charge in [0.1, 0.15) is 0 Å². The Kier molecular flexibility index (Phi) is 4.14. The van der Waals surface area contributed by atoms with Crippen molar-refractivity contribution in [3.05, 3.63) is 18.7 Å². The maximum Gasteiger partial charge on any atom is 0.156 e. The first-order valence-electron chi connectivity index (χ1n) is 12.5. The number of ketones is 1. The highest BCUT2D eigenvalue weighted by Gasteiger charge is 2.73. The Morgan fingerprint density at radius 2 is 1.90 bits per heavy atom. The van der Waals surface area contributed by atoms with Crippen molar-refractivity contribution >= 4 is 5.78 Å². The summed E-state index contributed by atoms with van der Waals surface area (Å²) < 4.78 is 1.99. The summed E-state index contributed by atoms with van der Waals surface area (Å²) in [6.07, 6.45) is 15.6. The van der Waals surface area contributed by atoms with Gasteiger partial charge in [0.25, 0.3) is 0 Å². The van der Waals surface area contributed by atoms with Crippen LogP contribution in [0.4, 0.5) is 0 Å². The predicted octanol–water partition coefficient (Wildman–Crippen LogP) is 5.46. The van der Waals surface area contributed by atoms with Crippen LogP contribution >= 0.6 is 0 Å². The van der Waals surface area contributed by atoms with Crippen molar-refractivity contribution < 1.29 is 4.79 Å². The van der Waals surface area contributed by atoms with Gasteiger partial charge in [0.15, 0.2) is 5.78 Å². The monoisotopic (exact) mass is 394 g/mol. The van der Waals surface area contributed by atoms with E-state index in [0.29, 0.717) is 24.2 Å². The average molecular weight is 395 g/mol. The molecule has 6 rings (SSSR count). The molecule has 0 aliphatic heterocycles. The minimum Gasteiger partial charge on any atom is -0.330 e. The fraction of sp³-hybridized carbons (Fsp3) is 0.846. The molecule has 0 saturated heterocycles. The lowest BCUT2D eigenvalue weighted by molar-refractivity contribution is -0.135. The normalized spacial score (nSPS) is 52.8. The third kappa shape index (κ3) is 2.61. The third-order valence-corrected chi connectivity index (χ3v) is 10.8. The lowest BCUT2D eigenvalue weighted by atomic mass is 9.47. The van der Waals surface area contributed by atoms with E-state index in [9.17, 15) is 4.79 Å². The molecular weight excluding hydrogens is 356 g/mol. The number of carbonyl (C=O) groups excluding carboxylic acids is 1. The van der Waals surface area contributed by atoms with E-state index in [-0.39, 0.29) is 5.41 Å². The molecular formula is C26H38N2O. The lowest BCUT2D eigenvalue weighted by Gasteiger charge is -2.57. The Balaban J connectivity index is 1.28. The fourth-order valence-electron chi connectivity index (χ4n) is 9.75. The van der Waals surface area contributed by atoms with Crippen LogP contribution < -0.4 is 0 Å². The zero-order valence-corrected chi connectivity index (χ0v) is 18.5. The van der Waals surface area contributed by atoms with Gasteiger partial charge in [-0.25, -0.2) is 4.98 Å². The zero-order valence-electron chi connectivity index (χ0n) is 18.5. The van der Waals surface area contributed by atoms with Crippen LogP contribution in [-0.2, 0) is 11.3 Å². The largest absolute Gasteiger partial charge is 0.330 e. The number of carbonyl (C=O) groups is 1. The lowest BCUT2D eigenvalue weighted by Crippen LogP contribution is -2.51. The third-order valence-electron chi connectivity index (χ3n) is 10.8. The molecule has 2 unspecified atom stereocenters. The summed E-state index contributed by atoms with van der Waals surface area (Å²) >= 11 is 0. The molecule has 5 fully saturated rings. The average Bonchev–Trinajstić information content (AvgIpc) is 3.06. The number of fused-ring (bicyclic) bond motifs is 7. The Morgan fingerprint density at radius 1 is 1.07 bits per heavy atom. The summed E-state index contributed by atoms with van der Waals surface area (Å²) in [7, 11) is 0. The number of nitrogens with zero attached hydrogens (tertiary/aromatic N) is 2. The second-order valence-electron chi connectivity index (χ2n) is 12.0. The van der Waals surface area contributed by atoms with Gasteiger partial charge < -0.3 is 4.57 Å². The molecule has 0 spiro atoms. The first kappa shape index (κ1) is 18.6. The van der Waals surface area contributed by atoms with Gasteiger partial charge in [-0.2, -0.15) is 0 Å². The van der Waals surface area contributed by atoms with Crippen LogP contribution in [0, 0.1) is 64.6 Å². The highest BCUT2D eigenvalue weighted by molar-refractivity contribution is 5.83. The fourth-order valence-corrected chi connectivity index (χ4v) is 9.75. The summed E-state index contributed by atoms with van der Waals surface area (Å²) in [6, 6.07) is 0. The molecule has 11 atom stereocenters.